The highest BCUT2D eigenvalue weighted by atomic mass is 19.1. The van der Waals surface area contributed by atoms with Gasteiger partial charge in [0.25, 0.3) is 5.91 Å². The Balaban J connectivity index is 1.25. The van der Waals surface area contributed by atoms with Gasteiger partial charge in [-0.1, -0.05) is 0 Å². The van der Waals surface area contributed by atoms with Gasteiger partial charge in [0.2, 0.25) is 0 Å². The van der Waals surface area contributed by atoms with Gasteiger partial charge in [-0.3, -0.25) is 4.79 Å². The van der Waals surface area contributed by atoms with E-state index < -0.39 is 41.5 Å². The van der Waals surface area contributed by atoms with Gasteiger partial charge in [-0.25, -0.2) is 32.6 Å². The number of nitrogens with zero attached hydrogens (tertiary/aromatic N) is 6. The van der Waals surface area contributed by atoms with Crippen molar-refractivity contribution in [2.45, 2.75) is 25.5 Å². The molecule has 1 aromatic carbocycles. The van der Waals surface area contributed by atoms with Crippen molar-refractivity contribution in [3.8, 4) is 11.6 Å². The number of halogens is 3. The first-order valence-corrected chi connectivity index (χ1v) is 10.9. The molecule has 0 bridgehead atoms. The standard InChI is InChI=1S/C23H20F3N7O3/c1-12-17(22(27)34)8-30-32(12)21-7-20(18(26)9-28-21)36-16-10-31(11-16)23(35)33-19(2-3-29-33)13-4-14(24)6-15(25)5-13/h3-9,16,19H,2,10-11H2,1H3,(H2,27,34). The number of rotatable bonds is 5. The number of likely N-dealkylation sites (tertiary alicyclic amines) is 1. The molecule has 36 heavy (non-hydrogen) atoms. The molecule has 3 aromatic rings. The molecular formula is C23H20F3N7O3. The highest BCUT2D eigenvalue weighted by molar-refractivity contribution is 5.93. The van der Waals surface area contributed by atoms with Gasteiger partial charge in [0.05, 0.1) is 42.8 Å². The van der Waals surface area contributed by atoms with Crippen LogP contribution in [0.25, 0.3) is 5.82 Å². The Morgan fingerprint density at radius 1 is 1.08 bits per heavy atom. The van der Waals surface area contributed by atoms with Crippen molar-refractivity contribution in [1.82, 2.24) is 24.7 Å². The Bertz CT molecular complexity index is 1370. The first-order valence-electron chi connectivity index (χ1n) is 10.9. The van der Waals surface area contributed by atoms with Gasteiger partial charge in [-0.2, -0.15) is 10.2 Å². The summed E-state index contributed by atoms with van der Waals surface area (Å²) in [5.74, 6) is -2.71. The maximum atomic E-state index is 14.4. The molecule has 2 aromatic heterocycles. The van der Waals surface area contributed by atoms with Gasteiger partial charge >= 0.3 is 6.03 Å². The van der Waals surface area contributed by atoms with Crippen LogP contribution in [0.2, 0.25) is 0 Å². The summed E-state index contributed by atoms with van der Waals surface area (Å²) in [6, 6.07) is 3.34. The van der Waals surface area contributed by atoms with Crippen LogP contribution in [0.4, 0.5) is 18.0 Å². The summed E-state index contributed by atoms with van der Waals surface area (Å²) in [7, 11) is 0. The summed E-state index contributed by atoms with van der Waals surface area (Å²) in [4.78, 5) is 29.8. The lowest BCUT2D eigenvalue weighted by atomic mass is 10.0. The monoisotopic (exact) mass is 499 g/mol. The number of ether oxygens (including phenoxy) is 1. The van der Waals surface area contributed by atoms with Gasteiger partial charge in [-0.05, 0) is 24.6 Å². The molecule has 13 heteroatoms. The largest absolute Gasteiger partial charge is 0.483 e. The number of urea groups is 1. The Morgan fingerprint density at radius 3 is 2.47 bits per heavy atom. The van der Waals surface area contributed by atoms with Crippen molar-refractivity contribution in [2.24, 2.45) is 10.8 Å². The average molecular weight is 499 g/mol. The van der Waals surface area contributed by atoms with Crippen LogP contribution in [-0.4, -0.2) is 62.0 Å². The van der Waals surface area contributed by atoms with Crippen molar-refractivity contribution in [3.63, 3.8) is 0 Å². The number of benzene rings is 1. The topological polar surface area (TPSA) is 119 Å². The smallest absolute Gasteiger partial charge is 0.341 e. The van der Waals surface area contributed by atoms with E-state index in [2.05, 4.69) is 15.2 Å². The lowest BCUT2D eigenvalue weighted by Gasteiger charge is -2.41. The second-order valence-electron chi connectivity index (χ2n) is 8.42. The molecule has 0 saturated carbocycles. The third kappa shape index (κ3) is 4.23. The number of amides is 3. The average Bonchev–Trinajstić information content (AvgIpc) is 3.43. The van der Waals surface area contributed by atoms with Crippen molar-refractivity contribution in [2.75, 3.05) is 13.1 Å². The molecule has 1 unspecified atom stereocenters. The first kappa shape index (κ1) is 23.3. The molecule has 3 amide bonds. The van der Waals surface area contributed by atoms with Crippen LogP contribution in [-0.2, 0) is 0 Å². The Kier molecular flexibility index (Phi) is 5.82. The van der Waals surface area contributed by atoms with Crippen LogP contribution < -0.4 is 10.5 Å². The normalized spacial score (nSPS) is 17.4. The van der Waals surface area contributed by atoms with E-state index in [0.717, 1.165) is 12.3 Å². The van der Waals surface area contributed by atoms with E-state index in [0.29, 0.717) is 17.7 Å². The summed E-state index contributed by atoms with van der Waals surface area (Å²) in [6.07, 6.45) is 3.59. The molecule has 4 heterocycles. The Hall–Kier alpha value is -4.42. The fourth-order valence-corrected chi connectivity index (χ4v) is 4.13. The van der Waals surface area contributed by atoms with E-state index in [1.807, 2.05) is 0 Å². The van der Waals surface area contributed by atoms with E-state index in [4.69, 9.17) is 10.5 Å². The van der Waals surface area contributed by atoms with E-state index in [9.17, 15) is 22.8 Å². The number of nitrogens with two attached hydrogens (primary N) is 1. The molecule has 0 radical (unpaired) electrons. The van der Waals surface area contributed by atoms with Gasteiger partial charge < -0.3 is 15.4 Å². The predicted molar refractivity (Wildman–Crippen MR) is 120 cm³/mol. The maximum Gasteiger partial charge on any atom is 0.341 e. The number of carbonyl (C=O) groups excluding carboxylic acids is 2. The Labute approximate surface area is 202 Å². The number of carbonyl (C=O) groups is 2. The van der Waals surface area contributed by atoms with Crippen LogP contribution in [0, 0.1) is 24.4 Å². The van der Waals surface area contributed by atoms with E-state index in [1.54, 1.807) is 6.92 Å². The van der Waals surface area contributed by atoms with Crippen LogP contribution >= 0.6 is 0 Å². The second-order valence-corrected chi connectivity index (χ2v) is 8.42. The predicted octanol–water partition coefficient (Wildman–Crippen LogP) is 2.71. The molecule has 1 fully saturated rings. The van der Waals surface area contributed by atoms with Crippen molar-refractivity contribution >= 4 is 18.2 Å². The zero-order valence-electron chi connectivity index (χ0n) is 18.9. The number of hydrazone groups is 1. The first-order chi connectivity index (χ1) is 17.2. The molecule has 2 aliphatic heterocycles. The number of pyridine rings is 1. The van der Waals surface area contributed by atoms with Gasteiger partial charge in [0.15, 0.2) is 17.4 Å². The summed E-state index contributed by atoms with van der Waals surface area (Å²) in [6.45, 7) is 1.93. The van der Waals surface area contributed by atoms with E-state index in [1.165, 1.54) is 45.2 Å². The van der Waals surface area contributed by atoms with Crippen molar-refractivity contribution < 1.29 is 27.5 Å². The van der Waals surface area contributed by atoms with E-state index >= 15 is 0 Å². The molecule has 2 aliphatic rings. The zero-order valence-corrected chi connectivity index (χ0v) is 18.9. The maximum absolute atomic E-state index is 14.4. The zero-order chi connectivity index (χ0) is 25.6. The number of primary amides is 1. The Morgan fingerprint density at radius 2 is 1.81 bits per heavy atom. The SMILES string of the molecule is Cc1c(C(N)=O)cnn1-c1cc(OC2CN(C(=O)N3N=CCC3c3cc(F)cc(F)c3)C2)c(F)cn1. The van der Waals surface area contributed by atoms with Crippen LogP contribution in [0.5, 0.6) is 5.75 Å². The molecule has 2 N–H and O–H groups in total. The minimum absolute atomic E-state index is 0.0973. The van der Waals surface area contributed by atoms with Crippen LogP contribution in [0.3, 0.4) is 0 Å². The molecular weight excluding hydrogens is 479 g/mol. The quantitative estimate of drug-likeness (QED) is 0.579. The third-order valence-corrected chi connectivity index (χ3v) is 6.01. The number of hydrogen-bond acceptors (Lipinski definition) is 6. The highest BCUT2D eigenvalue weighted by Gasteiger charge is 2.39. The van der Waals surface area contributed by atoms with Crippen LogP contribution in [0.1, 0.15) is 34.1 Å². The molecule has 1 saturated heterocycles. The van der Waals surface area contributed by atoms with Gasteiger partial charge in [-0.15, -0.1) is 0 Å². The minimum Gasteiger partial charge on any atom is -0.483 e. The van der Waals surface area contributed by atoms with Crippen LogP contribution in [0.15, 0.2) is 41.8 Å². The molecule has 186 valence electrons. The van der Waals surface area contributed by atoms with Gasteiger partial charge in [0.1, 0.15) is 17.7 Å². The molecule has 0 spiro atoms. The fourth-order valence-electron chi connectivity index (χ4n) is 4.13. The number of aromatic nitrogens is 3. The molecule has 1 atom stereocenters. The van der Waals surface area contributed by atoms with E-state index in [-0.39, 0.29) is 30.2 Å². The molecule has 5 rings (SSSR count). The number of hydrogen-bond donors (Lipinski definition) is 1. The summed E-state index contributed by atoms with van der Waals surface area (Å²) < 4.78 is 48.8. The highest BCUT2D eigenvalue weighted by Crippen LogP contribution is 2.32. The second kappa shape index (κ2) is 8.98. The lowest BCUT2D eigenvalue weighted by Crippen LogP contribution is -2.58. The molecule has 10 nitrogen and oxygen atoms in total. The third-order valence-electron chi connectivity index (χ3n) is 6.01. The minimum atomic E-state index is -0.739. The van der Waals surface area contributed by atoms with Crippen molar-refractivity contribution in [1.29, 1.82) is 0 Å². The summed E-state index contributed by atoms with van der Waals surface area (Å²) in [5.41, 5.74) is 6.26. The van der Waals surface area contributed by atoms with Crippen molar-refractivity contribution in [3.05, 3.63) is 70.9 Å². The fraction of sp³-hybridized carbons (Fsp3) is 0.261. The summed E-state index contributed by atoms with van der Waals surface area (Å²) in [5, 5.41) is 9.31. The molecule has 0 aliphatic carbocycles. The van der Waals surface area contributed by atoms with Gasteiger partial charge in [0, 0.05) is 24.8 Å². The summed E-state index contributed by atoms with van der Waals surface area (Å²) >= 11 is 0. The lowest BCUT2D eigenvalue weighted by molar-refractivity contribution is 0.0256.